The van der Waals surface area contributed by atoms with Gasteiger partial charge >= 0.3 is 0 Å². The average molecular weight is 159 g/mol. The van der Waals surface area contributed by atoms with Gasteiger partial charge in [0.25, 0.3) is 0 Å². The second-order valence-electron chi connectivity index (χ2n) is 2.01. The molecule has 0 aliphatic heterocycles. The summed E-state index contributed by atoms with van der Waals surface area (Å²) in [6.45, 7) is 0. The van der Waals surface area contributed by atoms with E-state index in [1.807, 2.05) is 0 Å². The van der Waals surface area contributed by atoms with Gasteiger partial charge in [-0.05, 0) is 12.1 Å². The fourth-order valence-electron chi connectivity index (χ4n) is 0.732. The molecule has 1 rings (SSSR count). The molecule has 0 atom stereocenters. The van der Waals surface area contributed by atoms with E-state index in [4.69, 9.17) is 5.11 Å². The molecule has 0 radical (unpaired) electrons. The molecule has 0 spiro atoms. The summed E-state index contributed by atoms with van der Waals surface area (Å²) in [5, 5.41) is 11.1. The van der Waals surface area contributed by atoms with Crippen molar-refractivity contribution in [2.24, 2.45) is 0 Å². The van der Waals surface area contributed by atoms with Gasteiger partial charge in [0.1, 0.15) is 0 Å². The lowest BCUT2D eigenvalue weighted by molar-refractivity contribution is 0.408. The van der Waals surface area contributed by atoms with Gasteiger partial charge in [-0.3, -0.25) is 0 Å². The van der Waals surface area contributed by atoms with Gasteiger partial charge in [-0.1, -0.05) is 0 Å². The van der Waals surface area contributed by atoms with Gasteiger partial charge in [-0.15, -0.1) is 0 Å². The maximum Gasteiger partial charge on any atom is 0.202 e. The normalized spacial score (nSPS) is 9.73. The van der Waals surface area contributed by atoms with Gasteiger partial charge in [0.05, 0.1) is 5.69 Å². The first-order valence-corrected chi connectivity index (χ1v) is 3.01. The Hall–Kier alpha value is -1.32. The zero-order valence-corrected chi connectivity index (χ0v) is 5.86. The molecule has 11 heavy (non-hydrogen) atoms. The van der Waals surface area contributed by atoms with E-state index >= 15 is 0 Å². The molecule has 0 aliphatic carbocycles. The van der Waals surface area contributed by atoms with Crippen LogP contribution in [0, 0.1) is 11.6 Å². The van der Waals surface area contributed by atoms with E-state index in [0.29, 0.717) is 0 Å². The van der Waals surface area contributed by atoms with Crippen LogP contribution in [0.4, 0.5) is 14.5 Å². The molecule has 1 aromatic carbocycles. The second-order valence-corrected chi connectivity index (χ2v) is 2.01. The van der Waals surface area contributed by atoms with Gasteiger partial charge in [-0.2, -0.15) is 4.39 Å². The number of phenolic OH excluding ortho intramolecular Hbond substituents is 1. The number of rotatable bonds is 1. The minimum Gasteiger partial charge on any atom is -0.505 e. The predicted octanol–water partition coefficient (Wildman–Crippen LogP) is 1.71. The lowest BCUT2D eigenvalue weighted by Gasteiger charge is -2.02. The average Bonchev–Trinajstić information content (AvgIpc) is 2.01. The second kappa shape index (κ2) is 2.74. The minimum absolute atomic E-state index is 0.0281. The van der Waals surface area contributed by atoms with E-state index in [1.54, 1.807) is 0 Å². The molecule has 0 saturated carbocycles. The van der Waals surface area contributed by atoms with Crippen LogP contribution in [0.3, 0.4) is 0 Å². The Bertz CT molecular complexity index is 275. The molecular formula is C7H7F2NO. The van der Waals surface area contributed by atoms with E-state index in [0.717, 1.165) is 6.07 Å². The zero-order chi connectivity index (χ0) is 8.43. The van der Waals surface area contributed by atoms with Crippen molar-refractivity contribution in [2.45, 2.75) is 0 Å². The summed E-state index contributed by atoms with van der Waals surface area (Å²) in [5.41, 5.74) is 0.0281. The van der Waals surface area contributed by atoms with Crippen LogP contribution < -0.4 is 5.32 Å². The van der Waals surface area contributed by atoms with Crippen LogP contribution in [0.15, 0.2) is 12.1 Å². The van der Waals surface area contributed by atoms with E-state index in [9.17, 15) is 8.78 Å². The molecular weight excluding hydrogens is 152 g/mol. The van der Waals surface area contributed by atoms with Crippen LogP contribution in [0.5, 0.6) is 5.75 Å². The van der Waals surface area contributed by atoms with Crippen LogP contribution in [0.1, 0.15) is 0 Å². The number of phenols is 1. The molecule has 2 N–H and O–H groups in total. The third-order valence-corrected chi connectivity index (χ3v) is 1.33. The first-order valence-electron chi connectivity index (χ1n) is 3.01. The molecule has 0 aliphatic rings. The molecule has 0 amide bonds. The standard InChI is InChI=1S/C7H7F2NO/c1-10-4-2-3-5(11)7(9)6(4)8/h2-3,10-11H,1H3. The largest absolute Gasteiger partial charge is 0.505 e. The van der Waals surface area contributed by atoms with Gasteiger partial charge in [0.15, 0.2) is 11.6 Å². The van der Waals surface area contributed by atoms with Gasteiger partial charge in [0.2, 0.25) is 5.82 Å². The van der Waals surface area contributed by atoms with Crippen molar-refractivity contribution in [3.05, 3.63) is 23.8 Å². The fourth-order valence-corrected chi connectivity index (χ4v) is 0.732. The quantitative estimate of drug-likeness (QED) is 0.611. The highest BCUT2D eigenvalue weighted by Crippen LogP contribution is 2.23. The van der Waals surface area contributed by atoms with Crippen molar-refractivity contribution in [1.29, 1.82) is 0 Å². The van der Waals surface area contributed by atoms with E-state index in [2.05, 4.69) is 5.32 Å². The molecule has 2 nitrogen and oxygen atoms in total. The van der Waals surface area contributed by atoms with E-state index < -0.39 is 17.4 Å². The van der Waals surface area contributed by atoms with Crippen molar-refractivity contribution in [3.63, 3.8) is 0 Å². The topological polar surface area (TPSA) is 32.3 Å². The van der Waals surface area contributed by atoms with Crippen LogP contribution >= 0.6 is 0 Å². The lowest BCUT2D eigenvalue weighted by Crippen LogP contribution is -1.94. The Morgan fingerprint density at radius 1 is 1.27 bits per heavy atom. The first-order chi connectivity index (χ1) is 5.16. The summed E-state index contributed by atoms with van der Waals surface area (Å²) in [4.78, 5) is 0. The van der Waals surface area contributed by atoms with Crippen LogP contribution in [-0.4, -0.2) is 12.2 Å². The summed E-state index contributed by atoms with van der Waals surface area (Å²) in [7, 11) is 1.47. The Balaban J connectivity index is 3.25. The molecule has 4 heteroatoms. The highest BCUT2D eigenvalue weighted by Gasteiger charge is 2.10. The maximum atomic E-state index is 12.7. The molecule has 1 aromatic rings. The van der Waals surface area contributed by atoms with E-state index in [-0.39, 0.29) is 5.69 Å². The lowest BCUT2D eigenvalue weighted by atomic mass is 10.3. The number of aromatic hydroxyl groups is 1. The number of hydrogen-bond acceptors (Lipinski definition) is 2. The molecule has 0 saturated heterocycles. The highest BCUT2D eigenvalue weighted by atomic mass is 19.2. The number of hydrogen-bond donors (Lipinski definition) is 2. The fraction of sp³-hybridized carbons (Fsp3) is 0.143. The smallest absolute Gasteiger partial charge is 0.202 e. The molecule has 60 valence electrons. The molecule has 0 fully saturated rings. The number of halogens is 2. The van der Waals surface area contributed by atoms with E-state index in [1.165, 1.54) is 13.1 Å². The Kier molecular flexibility index (Phi) is 1.94. The van der Waals surface area contributed by atoms with Crippen LogP contribution in [-0.2, 0) is 0 Å². The van der Waals surface area contributed by atoms with Crippen LogP contribution in [0.2, 0.25) is 0 Å². The monoisotopic (exact) mass is 159 g/mol. The number of anilines is 1. The summed E-state index contributed by atoms with van der Waals surface area (Å²) >= 11 is 0. The number of benzene rings is 1. The van der Waals surface area contributed by atoms with Gasteiger partial charge in [-0.25, -0.2) is 4.39 Å². The first kappa shape index (κ1) is 7.78. The summed E-state index contributed by atoms with van der Waals surface area (Å²) in [6.07, 6.45) is 0. The maximum absolute atomic E-state index is 12.7. The van der Waals surface area contributed by atoms with Crippen molar-refractivity contribution in [2.75, 3.05) is 12.4 Å². The Morgan fingerprint density at radius 3 is 2.45 bits per heavy atom. The molecule has 0 bridgehead atoms. The highest BCUT2D eigenvalue weighted by molar-refractivity contribution is 5.47. The minimum atomic E-state index is -1.23. The van der Waals surface area contributed by atoms with Crippen molar-refractivity contribution >= 4 is 5.69 Å². The Labute approximate surface area is 62.5 Å². The third-order valence-electron chi connectivity index (χ3n) is 1.33. The van der Waals surface area contributed by atoms with Crippen molar-refractivity contribution in [1.82, 2.24) is 0 Å². The number of nitrogens with one attached hydrogen (secondary N) is 1. The molecule has 0 heterocycles. The van der Waals surface area contributed by atoms with Gasteiger partial charge < -0.3 is 10.4 Å². The summed E-state index contributed by atoms with van der Waals surface area (Å²) in [5.74, 6) is -2.97. The SMILES string of the molecule is CNc1ccc(O)c(F)c1F. The van der Waals surface area contributed by atoms with Crippen molar-refractivity contribution < 1.29 is 13.9 Å². The van der Waals surface area contributed by atoms with Gasteiger partial charge in [0, 0.05) is 7.05 Å². The predicted molar refractivity (Wildman–Crippen MR) is 37.6 cm³/mol. The Morgan fingerprint density at radius 2 is 1.91 bits per heavy atom. The zero-order valence-electron chi connectivity index (χ0n) is 5.86. The molecule has 0 aromatic heterocycles. The summed E-state index contributed by atoms with van der Waals surface area (Å²) in [6, 6.07) is 2.35. The summed E-state index contributed by atoms with van der Waals surface area (Å²) < 4.78 is 25.2. The third kappa shape index (κ3) is 1.24. The van der Waals surface area contributed by atoms with Crippen molar-refractivity contribution in [3.8, 4) is 5.75 Å². The molecule has 0 unspecified atom stereocenters. The van der Waals surface area contributed by atoms with Crippen LogP contribution in [0.25, 0.3) is 0 Å².